The van der Waals surface area contributed by atoms with Crippen LogP contribution in [-0.4, -0.2) is 44.6 Å². The lowest BCUT2D eigenvalue weighted by Crippen LogP contribution is -2.44. The zero-order valence-electron chi connectivity index (χ0n) is 15.1. The van der Waals surface area contributed by atoms with E-state index in [2.05, 4.69) is 28.6 Å². The third kappa shape index (κ3) is 4.93. The first-order valence-corrected chi connectivity index (χ1v) is 11.6. The van der Waals surface area contributed by atoms with Gasteiger partial charge in [0.05, 0.1) is 5.75 Å². The van der Waals surface area contributed by atoms with Crippen LogP contribution < -0.4 is 5.32 Å². The number of nitrogens with zero attached hydrogens (tertiary/aromatic N) is 1. The van der Waals surface area contributed by atoms with Gasteiger partial charge in [0, 0.05) is 42.4 Å². The summed E-state index contributed by atoms with van der Waals surface area (Å²) in [6.07, 6.45) is 2.28. The van der Waals surface area contributed by atoms with Crippen molar-refractivity contribution < 1.29 is 13.2 Å². The van der Waals surface area contributed by atoms with Crippen LogP contribution in [0.5, 0.6) is 0 Å². The molecule has 0 aliphatic carbocycles. The average molecular weight is 393 g/mol. The topological polar surface area (TPSA) is 66.5 Å². The number of thiophene rings is 1. The molecule has 1 aromatic carbocycles. The Morgan fingerprint density at radius 1 is 1.27 bits per heavy atom. The van der Waals surface area contributed by atoms with E-state index >= 15 is 0 Å². The summed E-state index contributed by atoms with van der Waals surface area (Å²) < 4.78 is 22.6. The van der Waals surface area contributed by atoms with Crippen molar-refractivity contribution in [2.24, 2.45) is 0 Å². The second-order valence-electron chi connectivity index (χ2n) is 6.92. The predicted octanol–water partition coefficient (Wildman–Crippen LogP) is 2.47. The Kier molecular flexibility index (Phi) is 5.79. The summed E-state index contributed by atoms with van der Waals surface area (Å²) in [5.74, 6) is -0.137. The molecule has 0 saturated carbocycles. The van der Waals surface area contributed by atoms with Gasteiger partial charge in [-0.2, -0.15) is 0 Å². The molecule has 0 bridgehead atoms. The van der Waals surface area contributed by atoms with Crippen molar-refractivity contribution in [3.63, 3.8) is 0 Å². The Bertz CT molecular complexity index is 872. The van der Waals surface area contributed by atoms with Crippen molar-refractivity contribution in [1.82, 2.24) is 10.2 Å². The number of benzene rings is 1. The molecule has 1 atom stereocenters. The Morgan fingerprint density at radius 3 is 2.69 bits per heavy atom. The summed E-state index contributed by atoms with van der Waals surface area (Å²) >= 11 is 1.82. The highest BCUT2D eigenvalue weighted by atomic mass is 32.2. The lowest BCUT2D eigenvalue weighted by Gasteiger charge is -2.32. The van der Waals surface area contributed by atoms with Gasteiger partial charge in [-0.1, -0.05) is 12.1 Å². The third-order valence-electron chi connectivity index (χ3n) is 4.66. The quantitative estimate of drug-likeness (QED) is 0.820. The van der Waals surface area contributed by atoms with Gasteiger partial charge in [0.15, 0.2) is 9.84 Å². The number of rotatable bonds is 6. The molecule has 1 N–H and O–H groups in total. The summed E-state index contributed by atoms with van der Waals surface area (Å²) in [5.41, 5.74) is 2.64. The maximum atomic E-state index is 12.3. The average Bonchev–Trinajstić information content (AvgIpc) is 3.06. The highest BCUT2D eigenvalue weighted by Crippen LogP contribution is 2.25. The lowest BCUT2D eigenvalue weighted by atomic mass is 10.1. The van der Waals surface area contributed by atoms with E-state index in [1.165, 1.54) is 16.7 Å². The van der Waals surface area contributed by atoms with Crippen LogP contribution in [0.1, 0.15) is 33.3 Å². The largest absolute Gasteiger partial charge is 0.350 e. The Morgan fingerprint density at radius 2 is 2.00 bits per heavy atom. The fourth-order valence-corrected chi connectivity index (χ4v) is 4.86. The minimum atomic E-state index is -3.07. The normalized spacial score (nSPS) is 16.1. The van der Waals surface area contributed by atoms with Crippen LogP contribution in [0.25, 0.3) is 0 Å². The SMILES string of the molecule is CC(CNC(=O)c1ccc(CS(C)(=O)=O)cc1)N1CCc2sccc2C1. The van der Waals surface area contributed by atoms with Crippen molar-refractivity contribution in [3.05, 3.63) is 57.3 Å². The van der Waals surface area contributed by atoms with Gasteiger partial charge in [-0.25, -0.2) is 8.42 Å². The zero-order chi connectivity index (χ0) is 18.7. The van der Waals surface area contributed by atoms with Gasteiger partial charge in [-0.15, -0.1) is 11.3 Å². The van der Waals surface area contributed by atoms with E-state index in [1.54, 1.807) is 24.3 Å². The number of carbonyl (C=O) groups excluding carboxylic acids is 1. The van der Waals surface area contributed by atoms with Gasteiger partial charge >= 0.3 is 0 Å². The number of carbonyl (C=O) groups is 1. The van der Waals surface area contributed by atoms with Crippen molar-refractivity contribution in [1.29, 1.82) is 0 Å². The van der Waals surface area contributed by atoms with Gasteiger partial charge in [0.1, 0.15) is 0 Å². The van der Waals surface area contributed by atoms with Crippen LogP contribution in [0.15, 0.2) is 35.7 Å². The van der Waals surface area contributed by atoms with Crippen LogP contribution in [0, 0.1) is 0 Å². The summed E-state index contributed by atoms with van der Waals surface area (Å²) in [5, 5.41) is 5.13. The molecule has 0 radical (unpaired) electrons. The molecule has 1 aliphatic rings. The molecule has 1 aromatic heterocycles. The van der Waals surface area contributed by atoms with Gasteiger partial charge in [0.25, 0.3) is 5.91 Å². The maximum Gasteiger partial charge on any atom is 0.251 e. The third-order valence-corrected chi connectivity index (χ3v) is 6.54. The maximum absolute atomic E-state index is 12.3. The van der Waals surface area contributed by atoms with Gasteiger partial charge < -0.3 is 5.32 Å². The zero-order valence-corrected chi connectivity index (χ0v) is 16.7. The van der Waals surface area contributed by atoms with E-state index in [-0.39, 0.29) is 17.7 Å². The summed E-state index contributed by atoms with van der Waals surface area (Å²) in [6.45, 7) is 4.68. The molecule has 26 heavy (non-hydrogen) atoms. The molecule has 2 heterocycles. The molecule has 1 aliphatic heterocycles. The summed E-state index contributed by atoms with van der Waals surface area (Å²) in [7, 11) is -3.07. The predicted molar refractivity (Wildman–Crippen MR) is 105 cm³/mol. The van der Waals surface area contributed by atoms with E-state index in [0.29, 0.717) is 17.7 Å². The molecule has 0 fully saturated rings. The second-order valence-corrected chi connectivity index (χ2v) is 10.1. The standard InChI is InChI=1S/C19H24N2O3S2/c1-14(21-9-7-18-17(12-21)8-10-25-18)11-20-19(22)16-5-3-15(4-6-16)13-26(2,23)24/h3-6,8,10,14H,7,9,11-13H2,1-2H3,(H,20,22). The molecule has 1 amide bonds. The highest BCUT2D eigenvalue weighted by Gasteiger charge is 2.21. The van der Waals surface area contributed by atoms with Crippen LogP contribution in [0.4, 0.5) is 0 Å². The van der Waals surface area contributed by atoms with Crippen molar-refractivity contribution in [3.8, 4) is 0 Å². The Labute approximate surface area is 159 Å². The van der Waals surface area contributed by atoms with Crippen LogP contribution in [0.3, 0.4) is 0 Å². The summed E-state index contributed by atoms with van der Waals surface area (Å²) in [6, 6.07) is 9.20. The van der Waals surface area contributed by atoms with E-state index in [1.807, 2.05) is 11.3 Å². The molecule has 7 heteroatoms. The first kappa shape index (κ1) is 19.1. The number of nitrogens with one attached hydrogen (secondary N) is 1. The minimum absolute atomic E-state index is 0.00847. The van der Waals surface area contributed by atoms with Crippen molar-refractivity contribution >= 4 is 27.1 Å². The molecule has 3 rings (SSSR count). The molecule has 0 saturated heterocycles. The fraction of sp³-hybridized carbons (Fsp3) is 0.421. The number of hydrogen-bond donors (Lipinski definition) is 1. The molecule has 5 nitrogen and oxygen atoms in total. The fourth-order valence-electron chi connectivity index (χ4n) is 3.17. The number of fused-ring (bicyclic) bond motifs is 1. The number of amides is 1. The Balaban J connectivity index is 1.52. The van der Waals surface area contributed by atoms with Crippen LogP contribution in [-0.2, 0) is 28.6 Å². The molecular weight excluding hydrogens is 368 g/mol. The molecule has 0 spiro atoms. The van der Waals surface area contributed by atoms with Crippen molar-refractivity contribution in [2.75, 3.05) is 19.3 Å². The first-order valence-electron chi connectivity index (χ1n) is 8.66. The monoisotopic (exact) mass is 392 g/mol. The van der Waals surface area contributed by atoms with E-state index in [4.69, 9.17) is 0 Å². The number of hydrogen-bond acceptors (Lipinski definition) is 5. The highest BCUT2D eigenvalue weighted by molar-refractivity contribution is 7.89. The smallest absolute Gasteiger partial charge is 0.251 e. The van der Waals surface area contributed by atoms with Crippen LogP contribution in [0.2, 0.25) is 0 Å². The number of sulfone groups is 1. The lowest BCUT2D eigenvalue weighted by molar-refractivity contribution is 0.0932. The van der Waals surface area contributed by atoms with Crippen LogP contribution >= 0.6 is 11.3 Å². The van der Waals surface area contributed by atoms with Gasteiger partial charge in [-0.3, -0.25) is 9.69 Å². The van der Waals surface area contributed by atoms with E-state index < -0.39 is 9.84 Å². The van der Waals surface area contributed by atoms with Gasteiger partial charge in [-0.05, 0) is 48.1 Å². The van der Waals surface area contributed by atoms with Gasteiger partial charge in [0.2, 0.25) is 0 Å². The Hall–Kier alpha value is -1.70. The molecular formula is C19H24N2O3S2. The molecule has 2 aromatic rings. The van der Waals surface area contributed by atoms with Crippen molar-refractivity contribution in [2.45, 2.75) is 31.7 Å². The summed E-state index contributed by atoms with van der Waals surface area (Å²) in [4.78, 5) is 16.2. The molecule has 1 unspecified atom stereocenters. The van der Waals surface area contributed by atoms with E-state index in [9.17, 15) is 13.2 Å². The first-order chi connectivity index (χ1) is 12.3. The second kappa shape index (κ2) is 7.90. The minimum Gasteiger partial charge on any atom is -0.350 e. The molecule has 140 valence electrons. The van der Waals surface area contributed by atoms with E-state index in [0.717, 1.165) is 19.5 Å².